The molecule has 4 atom stereocenters. The Morgan fingerprint density at radius 2 is 1.84 bits per heavy atom. The van der Waals surface area contributed by atoms with Crippen molar-refractivity contribution >= 4 is 35.2 Å². The average molecular weight is 708 g/mol. The monoisotopic (exact) mass is 707 g/mol. The van der Waals surface area contributed by atoms with Crippen LogP contribution in [0, 0.1) is 30.6 Å². The van der Waals surface area contributed by atoms with Crippen LogP contribution in [0.2, 0.25) is 0 Å². The second kappa shape index (κ2) is 20.7. The SMILES string of the molecule is Cc1ccc(C(=O)CCCNC(=O)[C@H](CCCN=C(N)N)CC(=O)[C@@H]2Cc3ccc(cc3)OCCC[C@H](C(=O)NO)[C@@H](CC(C)C)C(=O)N2)cn1. The summed E-state index contributed by atoms with van der Waals surface area (Å²) in [4.78, 5) is 75.1. The average Bonchev–Trinajstić information content (AvgIpc) is 3.10. The number of nitrogens with one attached hydrogen (secondary N) is 3. The molecular weight excluding hydrogens is 654 g/mol. The van der Waals surface area contributed by atoms with E-state index in [9.17, 15) is 29.2 Å². The fourth-order valence-electron chi connectivity index (χ4n) is 6.17. The molecule has 0 radical (unpaired) electrons. The van der Waals surface area contributed by atoms with E-state index in [0.717, 1.165) is 11.3 Å². The number of Topliss-reactive ketones (excluding diaryl/α,β-unsaturated/α-hetero) is 2. The first-order valence-electron chi connectivity index (χ1n) is 17.7. The Balaban J connectivity index is 1.80. The number of benzene rings is 1. The van der Waals surface area contributed by atoms with E-state index in [-0.39, 0.29) is 68.1 Å². The summed E-state index contributed by atoms with van der Waals surface area (Å²) in [5.41, 5.74) is 14.7. The number of hydroxylamine groups is 1. The number of nitrogens with zero attached hydrogens (tertiary/aromatic N) is 2. The molecule has 4 rings (SSSR count). The lowest BCUT2D eigenvalue weighted by Gasteiger charge is -2.29. The largest absolute Gasteiger partial charge is 0.494 e. The summed E-state index contributed by atoms with van der Waals surface area (Å²) in [5, 5.41) is 15.3. The number of rotatable bonds is 16. The van der Waals surface area contributed by atoms with Gasteiger partial charge in [-0.1, -0.05) is 26.0 Å². The lowest BCUT2D eigenvalue weighted by Crippen LogP contribution is -2.49. The summed E-state index contributed by atoms with van der Waals surface area (Å²) < 4.78 is 5.85. The standard InChI is InChI=1S/C37H53N7O7/c1-23(2)19-30-29(36(49)44-50)8-6-18-51-28-14-11-25(12-15-28)20-31(43-35(30)48)33(46)21-26(7-4-17-41-37(38)39)34(47)40-16-5-9-32(45)27-13-10-24(3)42-22-27/h10-15,22-23,26,29-31,50H,4-9,16-21H2,1-3H3,(H,40,47)(H,43,48)(H,44,49)(H4,38,39,41)/t26-,29+,30-,31+/m1/s1. The van der Waals surface area contributed by atoms with Gasteiger partial charge in [0.25, 0.3) is 0 Å². The van der Waals surface area contributed by atoms with Gasteiger partial charge < -0.3 is 26.8 Å². The smallest absolute Gasteiger partial charge is 0.247 e. The summed E-state index contributed by atoms with van der Waals surface area (Å²) in [6.45, 7) is 6.51. The molecule has 14 nitrogen and oxygen atoms in total. The van der Waals surface area contributed by atoms with Crippen molar-refractivity contribution in [1.82, 2.24) is 21.1 Å². The third kappa shape index (κ3) is 13.8. The number of pyridine rings is 1. The molecule has 1 aromatic heterocycles. The van der Waals surface area contributed by atoms with Crippen LogP contribution in [0.5, 0.6) is 5.75 Å². The minimum absolute atomic E-state index is 0.0352. The van der Waals surface area contributed by atoms with Gasteiger partial charge in [0.1, 0.15) is 5.75 Å². The van der Waals surface area contributed by atoms with Crippen molar-refractivity contribution in [1.29, 1.82) is 0 Å². The third-order valence-electron chi connectivity index (χ3n) is 8.93. The number of aliphatic imine (C=N–C) groups is 1. The second-order valence-corrected chi connectivity index (χ2v) is 13.5. The van der Waals surface area contributed by atoms with Crippen LogP contribution in [-0.4, -0.2) is 71.2 Å². The van der Waals surface area contributed by atoms with Gasteiger partial charge >= 0.3 is 0 Å². The number of hydrogen-bond donors (Lipinski definition) is 6. The number of nitrogens with two attached hydrogens (primary N) is 2. The zero-order valence-electron chi connectivity index (χ0n) is 29.9. The number of amides is 3. The number of ketones is 2. The zero-order valence-corrected chi connectivity index (χ0v) is 29.9. The highest BCUT2D eigenvalue weighted by Gasteiger charge is 2.36. The zero-order chi connectivity index (χ0) is 37.3. The first-order chi connectivity index (χ1) is 24.4. The van der Waals surface area contributed by atoms with Crippen LogP contribution in [0.4, 0.5) is 0 Å². The van der Waals surface area contributed by atoms with Crippen molar-refractivity contribution in [3.63, 3.8) is 0 Å². The number of guanidine groups is 1. The van der Waals surface area contributed by atoms with Crippen molar-refractivity contribution in [2.24, 2.45) is 40.1 Å². The Morgan fingerprint density at radius 1 is 1.10 bits per heavy atom. The van der Waals surface area contributed by atoms with Crippen LogP contribution >= 0.6 is 0 Å². The molecule has 0 aliphatic carbocycles. The number of carbonyl (C=O) groups is 5. The van der Waals surface area contributed by atoms with Crippen LogP contribution < -0.4 is 32.3 Å². The molecule has 1 aromatic carbocycles. The van der Waals surface area contributed by atoms with Crippen molar-refractivity contribution in [3.8, 4) is 5.75 Å². The first-order valence-corrected chi connectivity index (χ1v) is 17.7. The van der Waals surface area contributed by atoms with E-state index in [1.165, 1.54) is 6.20 Å². The molecule has 0 spiro atoms. The Hall–Kier alpha value is -4.85. The van der Waals surface area contributed by atoms with Crippen molar-refractivity contribution in [2.45, 2.75) is 84.6 Å². The van der Waals surface area contributed by atoms with E-state index < -0.39 is 35.6 Å². The van der Waals surface area contributed by atoms with E-state index >= 15 is 0 Å². The van der Waals surface area contributed by atoms with Crippen LogP contribution in [-0.2, 0) is 25.6 Å². The van der Waals surface area contributed by atoms with Crippen LogP contribution in [0.1, 0.15) is 86.8 Å². The highest BCUT2D eigenvalue weighted by Crippen LogP contribution is 2.27. The molecule has 0 unspecified atom stereocenters. The predicted molar refractivity (Wildman–Crippen MR) is 192 cm³/mol. The van der Waals surface area contributed by atoms with Gasteiger partial charge in [-0.25, -0.2) is 5.48 Å². The minimum atomic E-state index is -1.01. The van der Waals surface area contributed by atoms with Gasteiger partial charge in [0.15, 0.2) is 17.5 Å². The highest BCUT2D eigenvalue weighted by molar-refractivity contribution is 5.96. The predicted octanol–water partition coefficient (Wildman–Crippen LogP) is 2.78. The Bertz CT molecular complexity index is 1490. The van der Waals surface area contributed by atoms with Crippen molar-refractivity contribution in [2.75, 3.05) is 19.7 Å². The van der Waals surface area contributed by atoms with Crippen LogP contribution in [0.25, 0.3) is 0 Å². The number of fused-ring (bicyclic) bond motifs is 11. The summed E-state index contributed by atoms with van der Waals surface area (Å²) in [7, 11) is 0. The van der Waals surface area contributed by atoms with Crippen LogP contribution in [0.3, 0.4) is 0 Å². The van der Waals surface area contributed by atoms with Gasteiger partial charge in [-0.15, -0.1) is 0 Å². The number of aromatic nitrogens is 1. The number of ether oxygens (including phenoxy) is 1. The molecule has 8 N–H and O–H groups in total. The second-order valence-electron chi connectivity index (χ2n) is 13.5. The summed E-state index contributed by atoms with van der Waals surface area (Å²) in [6, 6.07) is 9.70. The molecule has 278 valence electrons. The molecule has 14 heteroatoms. The number of hydrogen-bond acceptors (Lipinski definition) is 9. The van der Waals surface area contributed by atoms with E-state index in [1.807, 2.05) is 32.9 Å². The topological polar surface area (TPSA) is 228 Å². The molecule has 0 fully saturated rings. The molecule has 2 aromatic rings. The van der Waals surface area contributed by atoms with E-state index in [0.29, 0.717) is 50.0 Å². The molecule has 0 saturated heterocycles. The Labute approximate surface area is 299 Å². The van der Waals surface area contributed by atoms with Gasteiger partial charge in [-0.05, 0) is 87.6 Å². The molecule has 3 heterocycles. The summed E-state index contributed by atoms with van der Waals surface area (Å²) >= 11 is 0. The quantitative estimate of drug-likeness (QED) is 0.0373. The fraction of sp³-hybridized carbons (Fsp3) is 0.541. The number of aryl methyl sites for hydroxylation is 1. The Kier molecular flexibility index (Phi) is 16.5. The normalized spacial score (nSPS) is 18.5. The molecule has 2 bridgehead atoms. The number of carbonyl (C=O) groups excluding carboxylic acids is 5. The molecule has 51 heavy (non-hydrogen) atoms. The lowest BCUT2D eigenvalue weighted by molar-refractivity contribution is -0.142. The maximum absolute atomic E-state index is 14.1. The first kappa shape index (κ1) is 40.6. The van der Waals surface area contributed by atoms with Gasteiger partial charge in [0.2, 0.25) is 17.7 Å². The third-order valence-corrected chi connectivity index (χ3v) is 8.93. The highest BCUT2D eigenvalue weighted by atomic mass is 16.5. The van der Waals surface area contributed by atoms with E-state index in [1.54, 1.807) is 29.7 Å². The molecule has 0 saturated carbocycles. The maximum atomic E-state index is 14.1. The van der Waals surface area contributed by atoms with Gasteiger partial charge in [0, 0.05) is 55.2 Å². The molecule has 2 aliphatic rings. The summed E-state index contributed by atoms with van der Waals surface area (Å²) in [6.07, 6.45) is 3.91. The summed E-state index contributed by atoms with van der Waals surface area (Å²) in [5.74, 6) is -3.82. The molecule has 2 aliphatic heterocycles. The van der Waals surface area contributed by atoms with Gasteiger partial charge in [-0.3, -0.25) is 39.2 Å². The molecular formula is C37H53N7O7. The van der Waals surface area contributed by atoms with Crippen molar-refractivity contribution in [3.05, 3.63) is 59.4 Å². The van der Waals surface area contributed by atoms with Gasteiger partial charge in [0.05, 0.1) is 18.6 Å². The van der Waals surface area contributed by atoms with Crippen LogP contribution in [0.15, 0.2) is 47.6 Å². The van der Waals surface area contributed by atoms with Crippen molar-refractivity contribution < 1.29 is 33.9 Å². The minimum Gasteiger partial charge on any atom is -0.494 e. The fourth-order valence-corrected chi connectivity index (χ4v) is 6.17. The lowest BCUT2D eigenvalue weighted by atomic mass is 9.81. The molecule has 3 amide bonds. The maximum Gasteiger partial charge on any atom is 0.247 e. The van der Waals surface area contributed by atoms with E-state index in [2.05, 4.69) is 20.6 Å². The Morgan fingerprint density at radius 3 is 2.49 bits per heavy atom. The van der Waals surface area contributed by atoms with Gasteiger partial charge in [-0.2, -0.15) is 0 Å². The van der Waals surface area contributed by atoms with E-state index in [4.69, 9.17) is 16.2 Å².